The molecule has 0 unspecified atom stereocenters. The van der Waals surface area contributed by atoms with Crippen molar-refractivity contribution in [3.05, 3.63) is 17.8 Å². The summed E-state index contributed by atoms with van der Waals surface area (Å²) in [6.45, 7) is 7.48. The van der Waals surface area contributed by atoms with Gasteiger partial charge >= 0.3 is 0 Å². The molecule has 2 fully saturated rings. The standard InChI is InChI=1S/C14H22N4/c1-14(2)10-18(9-8-15-14)13-7-6-12(16-17-13)11-4-3-5-11/h6-7,11,15H,3-5,8-10H2,1-2H3. The Bertz CT molecular complexity index is 408. The largest absolute Gasteiger partial charge is 0.352 e. The van der Waals surface area contributed by atoms with Crippen molar-refractivity contribution in [3.8, 4) is 0 Å². The third-order valence-electron chi connectivity index (χ3n) is 4.09. The zero-order valence-electron chi connectivity index (χ0n) is 11.3. The van der Waals surface area contributed by atoms with Crippen molar-refractivity contribution in [2.24, 2.45) is 0 Å². The van der Waals surface area contributed by atoms with Gasteiger partial charge in [0.25, 0.3) is 0 Å². The molecule has 4 heteroatoms. The van der Waals surface area contributed by atoms with E-state index in [0.717, 1.165) is 25.5 Å². The molecule has 18 heavy (non-hydrogen) atoms. The van der Waals surface area contributed by atoms with Crippen LogP contribution in [0.5, 0.6) is 0 Å². The van der Waals surface area contributed by atoms with E-state index in [-0.39, 0.29) is 5.54 Å². The summed E-state index contributed by atoms with van der Waals surface area (Å²) in [5.41, 5.74) is 1.34. The van der Waals surface area contributed by atoms with Crippen molar-refractivity contribution in [3.63, 3.8) is 0 Å². The summed E-state index contributed by atoms with van der Waals surface area (Å²) in [5.74, 6) is 1.69. The molecule has 1 aromatic heterocycles. The number of rotatable bonds is 2. The van der Waals surface area contributed by atoms with Crippen molar-refractivity contribution in [1.29, 1.82) is 0 Å². The van der Waals surface area contributed by atoms with E-state index < -0.39 is 0 Å². The third kappa shape index (κ3) is 2.34. The molecule has 0 spiro atoms. The van der Waals surface area contributed by atoms with Crippen molar-refractivity contribution in [1.82, 2.24) is 15.5 Å². The van der Waals surface area contributed by atoms with Gasteiger partial charge in [-0.15, -0.1) is 5.10 Å². The topological polar surface area (TPSA) is 41.1 Å². The Labute approximate surface area is 109 Å². The monoisotopic (exact) mass is 246 g/mol. The first kappa shape index (κ1) is 11.9. The molecule has 1 aromatic rings. The predicted molar refractivity (Wildman–Crippen MR) is 72.9 cm³/mol. The highest BCUT2D eigenvalue weighted by molar-refractivity contribution is 5.39. The van der Waals surface area contributed by atoms with Gasteiger partial charge in [-0.05, 0) is 38.8 Å². The van der Waals surface area contributed by atoms with Crippen LogP contribution in [-0.4, -0.2) is 35.4 Å². The van der Waals surface area contributed by atoms with Crippen LogP contribution in [0.3, 0.4) is 0 Å². The summed E-state index contributed by atoms with van der Waals surface area (Å²) >= 11 is 0. The molecule has 2 heterocycles. The molecule has 2 aliphatic rings. The fraction of sp³-hybridized carbons (Fsp3) is 0.714. The maximum atomic E-state index is 4.42. The lowest BCUT2D eigenvalue weighted by Gasteiger charge is -2.39. The van der Waals surface area contributed by atoms with Gasteiger partial charge in [0, 0.05) is 31.1 Å². The molecule has 4 nitrogen and oxygen atoms in total. The van der Waals surface area contributed by atoms with Gasteiger partial charge in [-0.3, -0.25) is 0 Å². The van der Waals surface area contributed by atoms with Crippen LogP contribution in [0.1, 0.15) is 44.7 Å². The van der Waals surface area contributed by atoms with E-state index in [1.165, 1.54) is 25.0 Å². The normalized spacial score (nSPS) is 23.8. The van der Waals surface area contributed by atoms with E-state index in [4.69, 9.17) is 0 Å². The highest BCUT2D eigenvalue weighted by atomic mass is 15.3. The zero-order chi connectivity index (χ0) is 12.6. The van der Waals surface area contributed by atoms with E-state index in [1.807, 2.05) is 0 Å². The summed E-state index contributed by atoms with van der Waals surface area (Å²) in [6.07, 6.45) is 3.92. The molecular weight excluding hydrogens is 224 g/mol. The Morgan fingerprint density at radius 2 is 2.11 bits per heavy atom. The highest BCUT2D eigenvalue weighted by Gasteiger charge is 2.27. The first-order chi connectivity index (χ1) is 8.64. The molecule has 3 rings (SSSR count). The second-order valence-corrected chi connectivity index (χ2v) is 6.18. The second kappa shape index (κ2) is 4.50. The minimum absolute atomic E-state index is 0.159. The molecule has 1 saturated heterocycles. The summed E-state index contributed by atoms with van der Waals surface area (Å²) in [6, 6.07) is 4.31. The van der Waals surface area contributed by atoms with E-state index in [9.17, 15) is 0 Å². The number of hydrogen-bond donors (Lipinski definition) is 1. The number of hydrogen-bond acceptors (Lipinski definition) is 4. The number of anilines is 1. The number of nitrogens with zero attached hydrogens (tertiary/aromatic N) is 3. The fourth-order valence-corrected chi connectivity index (χ4v) is 2.76. The second-order valence-electron chi connectivity index (χ2n) is 6.18. The van der Waals surface area contributed by atoms with Crippen molar-refractivity contribution < 1.29 is 0 Å². The van der Waals surface area contributed by atoms with E-state index in [2.05, 4.69) is 46.4 Å². The maximum absolute atomic E-state index is 4.42. The molecule has 98 valence electrons. The van der Waals surface area contributed by atoms with E-state index in [1.54, 1.807) is 0 Å². The Morgan fingerprint density at radius 3 is 2.67 bits per heavy atom. The maximum Gasteiger partial charge on any atom is 0.151 e. The van der Waals surface area contributed by atoms with Crippen LogP contribution in [0.15, 0.2) is 12.1 Å². The molecule has 0 bridgehead atoms. The average molecular weight is 246 g/mol. The predicted octanol–water partition coefficient (Wildman–Crippen LogP) is 1.93. The van der Waals surface area contributed by atoms with Crippen LogP contribution in [0.25, 0.3) is 0 Å². The first-order valence-corrected chi connectivity index (χ1v) is 6.98. The van der Waals surface area contributed by atoms with Gasteiger partial charge in [0.1, 0.15) is 0 Å². The molecule has 0 aromatic carbocycles. The lowest BCUT2D eigenvalue weighted by atomic mass is 9.83. The van der Waals surface area contributed by atoms with Crippen molar-refractivity contribution in [2.45, 2.75) is 44.6 Å². The van der Waals surface area contributed by atoms with Crippen molar-refractivity contribution in [2.75, 3.05) is 24.5 Å². The van der Waals surface area contributed by atoms with Crippen LogP contribution in [0, 0.1) is 0 Å². The van der Waals surface area contributed by atoms with Gasteiger partial charge in [0.15, 0.2) is 5.82 Å². The molecule has 1 aliphatic heterocycles. The van der Waals surface area contributed by atoms with E-state index >= 15 is 0 Å². The number of piperazine rings is 1. The lowest BCUT2D eigenvalue weighted by Crippen LogP contribution is -2.57. The van der Waals surface area contributed by atoms with Crippen LogP contribution in [-0.2, 0) is 0 Å². The molecular formula is C14H22N4. The van der Waals surface area contributed by atoms with Gasteiger partial charge in [0.05, 0.1) is 5.69 Å². The molecule has 1 aliphatic carbocycles. The summed E-state index contributed by atoms with van der Waals surface area (Å²) in [7, 11) is 0. The van der Waals surface area contributed by atoms with Gasteiger partial charge in [-0.25, -0.2) is 0 Å². The van der Waals surface area contributed by atoms with E-state index in [0.29, 0.717) is 5.92 Å². The Morgan fingerprint density at radius 1 is 1.28 bits per heavy atom. The molecule has 1 saturated carbocycles. The minimum atomic E-state index is 0.159. The van der Waals surface area contributed by atoms with Crippen LogP contribution in [0.2, 0.25) is 0 Å². The summed E-state index contributed by atoms with van der Waals surface area (Å²) < 4.78 is 0. The average Bonchev–Trinajstić information content (AvgIpc) is 2.26. The Hall–Kier alpha value is -1.16. The summed E-state index contributed by atoms with van der Waals surface area (Å²) in [4.78, 5) is 2.33. The molecule has 0 atom stereocenters. The Balaban J connectivity index is 1.71. The SMILES string of the molecule is CC1(C)CN(c2ccc(C3CCC3)nn2)CCN1. The molecule has 1 N–H and O–H groups in total. The summed E-state index contributed by atoms with van der Waals surface area (Å²) in [5, 5.41) is 12.3. The zero-order valence-corrected chi connectivity index (χ0v) is 11.3. The van der Waals surface area contributed by atoms with Crippen LogP contribution >= 0.6 is 0 Å². The molecule has 0 amide bonds. The first-order valence-electron chi connectivity index (χ1n) is 6.98. The number of nitrogens with one attached hydrogen (secondary N) is 1. The van der Waals surface area contributed by atoms with Crippen molar-refractivity contribution >= 4 is 5.82 Å². The highest BCUT2D eigenvalue weighted by Crippen LogP contribution is 2.35. The van der Waals surface area contributed by atoms with Crippen LogP contribution in [0.4, 0.5) is 5.82 Å². The smallest absolute Gasteiger partial charge is 0.151 e. The van der Waals surface area contributed by atoms with Gasteiger partial charge < -0.3 is 10.2 Å². The van der Waals surface area contributed by atoms with Gasteiger partial charge in [0.2, 0.25) is 0 Å². The minimum Gasteiger partial charge on any atom is -0.352 e. The van der Waals surface area contributed by atoms with Gasteiger partial charge in [-0.1, -0.05) is 6.42 Å². The van der Waals surface area contributed by atoms with Gasteiger partial charge in [-0.2, -0.15) is 5.10 Å². The number of aromatic nitrogens is 2. The molecule has 0 radical (unpaired) electrons. The lowest BCUT2D eigenvalue weighted by molar-refractivity contribution is 0.351. The Kier molecular flexibility index (Phi) is 2.98. The fourth-order valence-electron chi connectivity index (χ4n) is 2.76. The van der Waals surface area contributed by atoms with Crippen LogP contribution < -0.4 is 10.2 Å². The quantitative estimate of drug-likeness (QED) is 0.865. The third-order valence-corrected chi connectivity index (χ3v) is 4.09.